The van der Waals surface area contributed by atoms with Gasteiger partial charge in [-0.05, 0) is 36.2 Å². The molecule has 1 saturated heterocycles. The molecular formula is C20H23N3O2. The van der Waals surface area contributed by atoms with Crippen molar-refractivity contribution in [1.29, 1.82) is 0 Å². The smallest absolute Gasteiger partial charge is 0.298 e. The van der Waals surface area contributed by atoms with E-state index in [9.17, 15) is 0 Å². The van der Waals surface area contributed by atoms with Crippen LogP contribution in [0.3, 0.4) is 0 Å². The molecule has 1 aromatic heterocycles. The molecule has 0 aliphatic carbocycles. The van der Waals surface area contributed by atoms with Gasteiger partial charge in [0.05, 0.1) is 7.11 Å². The summed E-state index contributed by atoms with van der Waals surface area (Å²) in [7, 11) is 1.70. The lowest BCUT2D eigenvalue weighted by molar-refractivity contribution is 0.285. The first-order valence-corrected chi connectivity index (χ1v) is 8.77. The van der Waals surface area contributed by atoms with Crippen molar-refractivity contribution >= 4 is 17.1 Å². The topological polar surface area (TPSA) is 41.7 Å². The predicted molar refractivity (Wildman–Crippen MR) is 99.1 cm³/mol. The molecule has 4 rings (SSSR count). The monoisotopic (exact) mass is 337 g/mol. The number of fused-ring (bicyclic) bond motifs is 1. The number of methoxy groups -OCH3 is 1. The second-order valence-corrected chi connectivity index (χ2v) is 6.43. The van der Waals surface area contributed by atoms with E-state index in [1.165, 1.54) is 5.56 Å². The summed E-state index contributed by atoms with van der Waals surface area (Å²) in [6.45, 7) is 4.97. The van der Waals surface area contributed by atoms with Crippen molar-refractivity contribution in [2.75, 3.05) is 38.2 Å². The van der Waals surface area contributed by atoms with Gasteiger partial charge in [0.15, 0.2) is 5.58 Å². The highest BCUT2D eigenvalue weighted by atomic mass is 16.5. The fraction of sp³-hybridized carbons (Fsp3) is 0.350. The van der Waals surface area contributed by atoms with E-state index in [2.05, 4.69) is 26.9 Å². The third-order valence-electron chi connectivity index (χ3n) is 4.71. The van der Waals surface area contributed by atoms with E-state index in [4.69, 9.17) is 9.15 Å². The van der Waals surface area contributed by atoms with Crippen LogP contribution in [0.2, 0.25) is 0 Å². The Kier molecular flexibility index (Phi) is 4.57. The van der Waals surface area contributed by atoms with Crippen molar-refractivity contribution in [3.63, 3.8) is 0 Å². The van der Waals surface area contributed by atoms with E-state index in [0.29, 0.717) is 0 Å². The molecule has 1 fully saturated rings. The zero-order valence-corrected chi connectivity index (χ0v) is 14.5. The molecule has 2 heterocycles. The lowest BCUT2D eigenvalue weighted by Gasteiger charge is -2.21. The summed E-state index contributed by atoms with van der Waals surface area (Å²) >= 11 is 0. The molecule has 0 bridgehead atoms. The van der Waals surface area contributed by atoms with Gasteiger partial charge in [-0.2, -0.15) is 4.98 Å². The lowest BCUT2D eigenvalue weighted by atomic mass is 10.2. The third-order valence-corrected chi connectivity index (χ3v) is 4.71. The Balaban J connectivity index is 1.40. The number of hydrogen-bond acceptors (Lipinski definition) is 5. The third kappa shape index (κ3) is 3.61. The van der Waals surface area contributed by atoms with Gasteiger partial charge in [-0.3, -0.25) is 4.90 Å². The Hall–Kier alpha value is -2.53. The van der Waals surface area contributed by atoms with Crippen LogP contribution in [0.5, 0.6) is 5.75 Å². The largest absolute Gasteiger partial charge is 0.497 e. The van der Waals surface area contributed by atoms with Gasteiger partial charge in [0.1, 0.15) is 11.3 Å². The maximum Gasteiger partial charge on any atom is 0.298 e. The molecule has 1 aliphatic rings. The van der Waals surface area contributed by atoms with E-state index in [0.717, 1.165) is 62.0 Å². The molecule has 0 N–H and O–H groups in total. The Labute approximate surface area is 147 Å². The minimum atomic E-state index is 0.743. The first-order valence-electron chi connectivity index (χ1n) is 8.77. The van der Waals surface area contributed by atoms with Crippen molar-refractivity contribution in [3.8, 4) is 5.75 Å². The van der Waals surface area contributed by atoms with Crippen LogP contribution >= 0.6 is 0 Å². The number of ether oxygens (including phenoxy) is 1. The van der Waals surface area contributed by atoms with Crippen LogP contribution in [0.25, 0.3) is 11.1 Å². The number of hydrogen-bond donors (Lipinski definition) is 0. The fourth-order valence-corrected chi connectivity index (χ4v) is 3.30. The Morgan fingerprint density at radius 1 is 1.00 bits per heavy atom. The summed E-state index contributed by atoms with van der Waals surface area (Å²) in [5.41, 5.74) is 3.10. The molecule has 2 aromatic carbocycles. The quantitative estimate of drug-likeness (QED) is 0.728. The molecule has 3 aromatic rings. The first-order chi connectivity index (χ1) is 12.3. The van der Waals surface area contributed by atoms with E-state index in [-0.39, 0.29) is 0 Å². The number of aromatic nitrogens is 1. The molecule has 5 heteroatoms. The van der Waals surface area contributed by atoms with Gasteiger partial charge in [0.25, 0.3) is 6.01 Å². The number of oxazole rings is 1. The summed E-state index contributed by atoms with van der Waals surface area (Å²) in [6.07, 6.45) is 1.11. The number of para-hydroxylation sites is 2. The van der Waals surface area contributed by atoms with Gasteiger partial charge in [-0.1, -0.05) is 24.3 Å². The zero-order chi connectivity index (χ0) is 17.1. The van der Waals surface area contributed by atoms with Gasteiger partial charge in [0.2, 0.25) is 0 Å². The molecule has 0 atom stereocenters. The van der Waals surface area contributed by atoms with Crippen molar-refractivity contribution in [3.05, 3.63) is 54.1 Å². The molecule has 1 aliphatic heterocycles. The van der Waals surface area contributed by atoms with E-state index in [1.54, 1.807) is 7.11 Å². The molecule has 0 saturated carbocycles. The lowest BCUT2D eigenvalue weighted by Crippen LogP contribution is -2.30. The van der Waals surface area contributed by atoms with Gasteiger partial charge < -0.3 is 14.1 Å². The molecular weight excluding hydrogens is 314 g/mol. The molecule has 25 heavy (non-hydrogen) atoms. The molecule has 0 spiro atoms. The predicted octanol–water partition coefficient (Wildman–Crippen LogP) is 3.55. The van der Waals surface area contributed by atoms with Gasteiger partial charge in [-0.25, -0.2) is 0 Å². The van der Waals surface area contributed by atoms with Crippen molar-refractivity contribution < 1.29 is 9.15 Å². The minimum absolute atomic E-state index is 0.743. The van der Waals surface area contributed by atoms with Crippen LogP contribution in [-0.2, 0) is 6.54 Å². The van der Waals surface area contributed by atoms with E-state index >= 15 is 0 Å². The van der Waals surface area contributed by atoms with E-state index in [1.807, 2.05) is 36.4 Å². The standard InChI is InChI=1S/C20H23N3O2/c1-24-17-9-7-16(8-10-17)15-22-11-4-12-23(14-13-22)20-21-18-5-2-3-6-19(18)25-20/h2-3,5-10H,4,11-15H2,1H3. The minimum Gasteiger partial charge on any atom is -0.497 e. The van der Waals surface area contributed by atoms with Gasteiger partial charge in [-0.15, -0.1) is 0 Å². The van der Waals surface area contributed by atoms with E-state index < -0.39 is 0 Å². The Morgan fingerprint density at radius 2 is 1.84 bits per heavy atom. The number of anilines is 1. The second-order valence-electron chi connectivity index (χ2n) is 6.43. The summed E-state index contributed by atoms with van der Waals surface area (Å²) < 4.78 is 11.2. The fourth-order valence-electron chi connectivity index (χ4n) is 3.30. The highest BCUT2D eigenvalue weighted by Gasteiger charge is 2.19. The molecule has 0 unspecified atom stereocenters. The molecule has 130 valence electrons. The summed E-state index contributed by atoms with van der Waals surface area (Å²) in [5.74, 6) is 0.904. The van der Waals surface area contributed by atoms with Gasteiger partial charge >= 0.3 is 0 Å². The summed E-state index contributed by atoms with van der Waals surface area (Å²) in [6, 6.07) is 17.0. The first kappa shape index (κ1) is 16.0. The average molecular weight is 337 g/mol. The maximum atomic E-state index is 5.92. The zero-order valence-electron chi connectivity index (χ0n) is 14.5. The van der Waals surface area contributed by atoms with Crippen LogP contribution in [0, 0.1) is 0 Å². The Morgan fingerprint density at radius 3 is 2.64 bits per heavy atom. The van der Waals surface area contributed by atoms with Crippen LogP contribution in [0.1, 0.15) is 12.0 Å². The van der Waals surface area contributed by atoms with Crippen LogP contribution in [0.4, 0.5) is 6.01 Å². The Bertz CT molecular complexity index is 795. The maximum absolute atomic E-state index is 5.92. The molecule has 5 nitrogen and oxygen atoms in total. The van der Waals surface area contributed by atoms with Crippen LogP contribution in [-0.4, -0.2) is 43.2 Å². The van der Waals surface area contributed by atoms with Crippen molar-refractivity contribution in [2.45, 2.75) is 13.0 Å². The summed E-state index contributed by atoms with van der Waals surface area (Å²) in [5, 5.41) is 0. The molecule has 0 radical (unpaired) electrons. The highest BCUT2D eigenvalue weighted by molar-refractivity contribution is 5.74. The van der Waals surface area contributed by atoms with Crippen molar-refractivity contribution in [1.82, 2.24) is 9.88 Å². The van der Waals surface area contributed by atoms with Crippen LogP contribution in [0.15, 0.2) is 52.9 Å². The average Bonchev–Trinajstić information content (AvgIpc) is 2.95. The number of rotatable bonds is 4. The van der Waals surface area contributed by atoms with Crippen LogP contribution < -0.4 is 9.64 Å². The molecule has 0 amide bonds. The number of benzene rings is 2. The second kappa shape index (κ2) is 7.15. The summed E-state index contributed by atoms with van der Waals surface area (Å²) in [4.78, 5) is 9.38. The normalized spacial score (nSPS) is 16.1. The van der Waals surface area contributed by atoms with Crippen molar-refractivity contribution in [2.24, 2.45) is 0 Å². The number of nitrogens with zero attached hydrogens (tertiary/aromatic N) is 3. The SMILES string of the molecule is COc1ccc(CN2CCCN(c3nc4ccccc4o3)CC2)cc1. The van der Waals surface area contributed by atoms with Gasteiger partial charge in [0, 0.05) is 32.7 Å². The highest BCUT2D eigenvalue weighted by Crippen LogP contribution is 2.23.